The van der Waals surface area contributed by atoms with Crippen molar-refractivity contribution in [2.45, 2.75) is 24.7 Å². The first-order valence-corrected chi connectivity index (χ1v) is 7.61. The van der Waals surface area contributed by atoms with Crippen molar-refractivity contribution in [3.8, 4) is 0 Å². The lowest BCUT2D eigenvalue weighted by molar-refractivity contribution is 0.0850. The molecule has 1 aliphatic carbocycles. The van der Waals surface area contributed by atoms with Crippen LogP contribution in [-0.2, 0) is 11.8 Å². The lowest BCUT2D eigenvalue weighted by Crippen LogP contribution is -2.42. The lowest BCUT2D eigenvalue weighted by Gasteiger charge is -2.37. The molecule has 2 nitrogen and oxygen atoms in total. The van der Waals surface area contributed by atoms with Crippen molar-refractivity contribution in [2.75, 3.05) is 13.6 Å². The molecule has 0 heterocycles. The van der Waals surface area contributed by atoms with Gasteiger partial charge >= 0.3 is 0 Å². The van der Waals surface area contributed by atoms with Crippen molar-refractivity contribution in [1.82, 2.24) is 5.32 Å². The largest absolute Gasteiger partial charge is 0.320 e. The van der Waals surface area contributed by atoms with Crippen LogP contribution in [0.15, 0.2) is 54.6 Å². The molecular formula is C19H21NO. The van der Waals surface area contributed by atoms with Gasteiger partial charge < -0.3 is 5.32 Å². The van der Waals surface area contributed by atoms with Gasteiger partial charge in [0.15, 0.2) is 5.78 Å². The second kappa shape index (κ2) is 5.82. The summed E-state index contributed by atoms with van der Waals surface area (Å²) in [5.74, 6) is 0.283. The molecule has 2 aromatic rings. The predicted octanol–water partition coefficient (Wildman–Crippen LogP) is 3.36. The molecule has 0 saturated heterocycles. The van der Waals surface area contributed by atoms with Crippen molar-refractivity contribution in [2.24, 2.45) is 0 Å². The molecule has 1 atom stereocenters. The van der Waals surface area contributed by atoms with E-state index in [1.165, 1.54) is 5.56 Å². The summed E-state index contributed by atoms with van der Waals surface area (Å²) in [6.07, 6.45) is 2.72. The van der Waals surface area contributed by atoms with Crippen molar-refractivity contribution >= 4 is 5.78 Å². The Morgan fingerprint density at radius 2 is 1.76 bits per heavy atom. The highest BCUT2D eigenvalue weighted by Gasteiger charge is 2.43. The van der Waals surface area contributed by atoms with Gasteiger partial charge in [0.1, 0.15) is 0 Å². The molecule has 0 aliphatic heterocycles. The molecule has 0 fully saturated rings. The maximum atomic E-state index is 13.2. The van der Waals surface area contributed by atoms with E-state index in [4.69, 9.17) is 0 Å². The fourth-order valence-electron chi connectivity index (χ4n) is 3.43. The van der Waals surface area contributed by atoms with Gasteiger partial charge in [0.05, 0.1) is 5.41 Å². The SMILES string of the molecule is CNCCC1(c2ccccc2)CCc2ccccc2C1=O. The minimum Gasteiger partial charge on any atom is -0.320 e. The molecule has 0 aromatic heterocycles. The maximum Gasteiger partial charge on any atom is 0.173 e. The van der Waals surface area contributed by atoms with Crippen LogP contribution in [-0.4, -0.2) is 19.4 Å². The van der Waals surface area contributed by atoms with Crippen LogP contribution < -0.4 is 5.32 Å². The van der Waals surface area contributed by atoms with Gasteiger partial charge in [-0.15, -0.1) is 0 Å². The van der Waals surface area contributed by atoms with Crippen LogP contribution in [0.25, 0.3) is 0 Å². The summed E-state index contributed by atoms with van der Waals surface area (Å²) in [6.45, 7) is 0.850. The topological polar surface area (TPSA) is 29.1 Å². The Labute approximate surface area is 126 Å². The van der Waals surface area contributed by atoms with Crippen molar-refractivity contribution < 1.29 is 4.79 Å². The highest BCUT2D eigenvalue weighted by atomic mass is 16.1. The van der Waals surface area contributed by atoms with Crippen molar-refractivity contribution in [3.63, 3.8) is 0 Å². The predicted molar refractivity (Wildman–Crippen MR) is 85.8 cm³/mol. The van der Waals surface area contributed by atoms with Crippen LogP contribution in [0.1, 0.15) is 34.3 Å². The first-order chi connectivity index (χ1) is 10.3. The zero-order valence-corrected chi connectivity index (χ0v) is 12.4. The van der Waals surface area contributed by atoms with Crippen LogP contribution >= 0.6 is 0 Å². The lowest BCUT2D eigenvalue weighted by atomic mass is 9.65. The van der Waals surface area contributed by atoms with Gasteiger partial charge in [-0.05, 0) is 44.0 Å². The summed E-state index contributed by atoms with van der Waals surface area (Å²) in [7, 11) is 1.94. The third-order valence-electron chi connectivity index (χ3n) is 4.65. The fourth-order valence-corrected chi connectivity index (χ4v) is 3.43. The van der Waals surface area contributed by atoms with Gasteiger partial charge in [-0.2, -0.15) is 0 Å². The molecule has 1 unspecified atom stereocenters. The number of hydrogen-bond acceptors (Lipinski definition) is 2. The Balaban J connectivity index is 2.08. The number of carbonyl (C=O) groups excluding carboxylic acids is 1. The van der Waals surface area contributed by atoms with Gasteiger partial charge in [-0.1, -0.05) is 54.6 Å². The summed E-state index contributed by atoms with van der Waals surface area (Å²) < 4.78 is 0. The summed E-state index contributed by atoms with van der Waals surface area (Å²) in [4.78, 5) is 13.2. The molecule has 2 heteroatoms. The van der Waals surface area contributed by atoms with Crippen LogP contribution in [0.4, 0.5) is 0 Å². The van der Waals surface area contributed by atoms with Gasteiger partial charge in [-0.3, -0.25) is 4.79 Å². The van der Waals surface area contributed by atoms with E-state index >= 15 is 0 Å². The molecular weight excluding hydrogens is 258 g/mol. The Hall–Kier alpha value is -1.93. The van der Waals surface area contributed by atoms with Gasteiger partial charge in [0, 0.05) is 5.56 Å². The van der Waals surface area contributed by atoms with Gasteiger partial charge in [-0.25, -0.2) is 0 Å². The smallest absolute Gasteiger partial charge is 0.173 e. The monoisotopic (exact) mass is 279 g/mol. The zero-order valence-electron chi connectivity index (χ0n) is 12.4. The standard InChI is InChI=1S/C19H21NO/c1-20-14-13-19(16-8-3-2-4-9-16)12-11-15-7-5-6-10-17(15)18(19)21/h2-10,20H,11-14H2,1H3. The van der Waals surface area contributed by atoms with Gasteiger partial charge in [0.25, 0.3) is 0 Å². The number of hydrogen-bond donors (Lipinski definition) is 1. The maximum absolute atomic E-state index is 13.2. The van der Waals surface area contributed by atoms with Crippen LogP contribution in [0.3, 0.4) is 0 Å². The van der Waals surface area contributed by atoms with Crippen LogP contribution in [0.5, 0.6) is 0 Å². The first-order valence-electron chi connectivity index (χ1n) is 7.61. The second-order valence-corrected chi connectivity index (χ2v) is 5.79. The number of aryl methyl sites for hydroxylation is 1. The molecule has 0 radical (unpaired) electrons. The molecule has 0 spiro atoms. The third-order valence-corrected chi connectivity index (χ3v) is 4.65. The van der Waals surface area contributed by atoms with E-state index in [-0.39, 0.29) is 11.2 Å². The second-order valence-electron chi connectivity index (χ2n) is 5.79. The molecule has 1 aliphatic rings. The van der Waals surface area contributed by atoms with Gasteiger partial charge in [0.2, 0.25) is 0 Å². The van der Waals surface area contributed by atoms with Crippen LogP contribution in [0, 0.1) is 0 Å². The number of rotatable bonds is 4. The van der Waals surface area contributed by atoms with E-state index in [0.717, 1.165) is 36.9 Å². The Morgan fingerprint density at radius 1 is 1.05 bits per heavy atom. The highest BCUT2D eigenvalue weighted by molar-refractivity contribution is 6.06. The molecule has 0 bridgehead atoms. The minimum atomic E-state index is -0.376. The molecule has 1 N–H and O–H groups in total. The highest BCUT2D eigenvalue weighted by Crippen LogP contribution is 2.40. The first kappa shape index (κ1) is 14.0. The number of ketones is 1. The minimum absolute atomic E-state index is 0.283. The van der Waals surface area contributed by atoms with Crippen LogP contribution in [0.2, 0.25) is 0 Å². The van der Waals surface area contributed by atoms with E-state index < -0.39 is 0 Å². The summed E-state index contributed by atoms with van der Waals surface area (Å²) in [5.41, 5.74) is 2.88. The Kier molecular flexibility index (Phi) is 3.89. The number of nitrogens with one attached hydrogen (secondary N) is 1. The summed E-state index contributed by atoms with van der Waals surface area (Å²) in [5, 5.41) is 3.20. The van der Waals surface area contributed by atoms with E-state index in [9.17, 15) is 4.79 Å². The molecule has 3 rings (SSSR count). The average Bonchev–Trinajstić information content (AvgIpc) is 2.56. The average molecular weight is 279 g/mol. The number of Topliss-reactive ketones (excluding diaryl/α,β-unsaturated/α-hetero) is 1. The Bertz CT molecular complexity index is 635. The zero-order chi connectivity index (χ0) is 14.7. The fraction of sp³-hybridized carbons (Fsp3) is 0.316. The number of benzene rings is 2. The molecule has 108 valence electrons. The summed E-state index contributed by atoms with van der Waals surface area (Å²) in [6, 6.07) is 18.3. The molecule has 21 heavy (non-hydrogen) atoms. The van der Waals surface area contributed by atoms with E-state index in [1.807, 2.05) is 43.4 Å². The quantitative estimate of drug-likeness (QED) is 0.929. The third kappa shape index (κ3) is 2.40. The van der Waals surface area contributed by atoms with Crippen molar-refractivity contribution in [3.05, 3.63) is 71.3 Å². The summed E-state index contributed by atoms with van der Waals surface area (Å²) >= 11 is 0. The normalized spacial score (nSPS) is 21.1. The van der Waals surface area contributed by atoms with E-state index in [0.29, 0.717) is 0 Å². The molecule has 0 amide bonds. The van der Waals surface area contributed by atoms with E-state index in [2.05, 4.69) is 23.5 Å². The number of carbonyl (C=O) groups is 1. The van der Waals surface area contributed by atoms with Crippen molar-refractivity contribution in [1.29, 1.82) is 0 Å². The number of fused-ring (bicyclic) bond motifs is 1. The Morgan fingerprint density at radius 3 is 2.52 bits per heavy atom. The van der Waals surface area contributed by atoms with E-state index in [1.54, 1.807) is 0 Å². The molecule has 0 saturated carbocycles. The molecule has 2 aromatic carbocycles.